The molecule has 2 saturated heterocycles. The minimum Gasteiger partial charge on any atom is -0.381 e. The van der Waals surface area contributed by atoms with Gasteiger partial charge >= 0.3 is 0 Å². The van der Waals surface area contributed by atoms with Crippen molar-refractivity contribution in [3.63, 3.8) is 0 Å². The summed E-state index contributed by atoms with van der Waals surface area (Å²) >= 11 is 6.41. The average molecular weight is 415 g/mol. The fraction of sp³-hybridized carbons (Fsp3) is 0.500. The Morgan fingerprint density at radius 2 is 2.14 bits per heavy atom. The number of hydrogen-bond donors (Lipinski definition) is 2. The Morgan fingerprint density at radius 1 is 1.28 bits per heavy atom. The van der Waals surface area contributed by atoms with Gasteiger partial charge in [-0.25, -0.2) is 4.98 Å². The topological polar surface area (TPSA) is 76.1 Å². The Morgan fingerprint density at radius 3 is 2.93 bits per heavy atom. The second-order valence-electron chi connectivity index (χ2n) is 7.83. The molecule has 0 bridgehead atoms. The molecule has 0 unspecified atom stereocenters. The van der Waals surface area contributed by atoms with Gasteiger partial charge in [0.1, 0.15) is 11.6 Å². The highest BCUT2D eigenvalue weighted by atomic mass is 35.5. The third-order valence-electron chi connectivity index (χ3n) is 5.72. The summed E-state index contributed by atoms with van der Waals surface area (Å²) in [6.45, 7) is 4.24. The summed E-state index contributed by atoms with van der Waals surface area (Å²) in [7, 11) is 0. The van der Waals surface area contributed by atoms with E-state index in [1.807, 2.05) is 24.3 Å². The standard InChI is InChI=1S/C22H27ClN4O2/c23-19-14-25-17(11-21(28)16-4-7-24-13-16)10-18(19)20-2-1-3-22(27-20)26-12-15-5-8-29-9-6-15/h1-3,10,14-16,24H,4-9,11-13H2,(H,26,27)/t16-/m0/s1. The summed E-state index contributed by atoms with van der Waals surface area (Å²) in [5, 5.41) is 7.22. The monoisotopic (exact) mass is 414 g/mol. The molecule has 2 N–H and O–H groups in total. The number of aromatic nitrogens is 2. The maximum atomic E-state index is 12.5. The number of carbonyl (C=O) groups excluding carboxylic acids is 1. The molecule has 7 heteroatoms. The van der Waals surface area contributed by atoms with E-state index in [1.54, 1.807) is 6.20 Å². The smallest absolute Gasteiger partial charge is 0.143 e. The van der Waals surface area contributed by atoms with Gasteiger partial charge in [-0.2, -0.15) is 0 Å². The van der Waals surface area contributed by atoms with E-state index in [4.69, 9.17) is 21.3 Å². The number of anilines is 1. The van der Waals surface area contributed by atoms with Crippen molar-refractivity contribution in [3.8, 4) is 11.3 Å². The van der Waals surface area contributed by atoms with Crippen molar-refractivity contribution < 1.29 is 9.53 Å². The number of nitrogens with one attached hydrogen (secondary N) is 2. The number of nitrogens with zero attached hydrogens (tertiary/aromatic N) is 2. The van der Waals surface area contributed by atoms with Crippen molar-refractivity contribution in [2.45, 2.75) is 25.7 Å². The molecular formula is C22H27ClN4O2. The molecule has 4 rings (SSSR count). The molecule has 2 aliphatic rings. The van der Waals surface area contributed by atoms with Crippen LogP contribution in [0.5, 0.6) is 0 Å². The third-order valence-corrected chi connectivity index (χ3v) is 6.02. The zero-order valence-corrected chi connectivity index (χ0v) is 17.3. The number of carbonyl (C=O) groups is 1. The molecule has 0 amide bonds. The van der Waals surface area contributed by atoms with Crippen molar-refractivity contribution in [1.29, 1.82) is 0 Å². The van der Waals surface area contributed by atoms with Crippen LogP contribution >= 0.6 is 11.6 Å². The number of rotatable bonds is 7. The molecule has 0 aliphatic carbocycles. The third kappa shape index (κ3) is 5.32. The quantitative estimate of drug-likeness (QED) is 0.723. The minimum atomic E-state index is 0.0896. The van der Waals surface area contributed by atoms with E-state index in [-0.39, 0.29) is 11.7 Å². The van der Waals surface area contributed by atoms with Crippen LogP contribution in [0.15, 0.2) is 30.5 Å². The van der Waals surface area contributed by atoms with Gasteiger partial charge in [-0.05, 0) is 49.9 Å². The van der Waals surface area contributed by atoms with E-state index >= 15 is 0 Å². The Kier molecular flexibility index (Phi) is 6.74. The van der Waals surface area contributed by atoms with Gasteiger partial charge in [-0.1, -0.05) is 17.7 Å². The van der Waals surface area contributed by atoms with Crippen molar-refractivity contribution in [1.82, 2.24) is 15.3 Å². The maximum Gasteiger partial charge on any atom is 0.143 e. The van der Waals surface area contributed by atoms with Gasteiger partial charge in [0, 0.05) is 56.1 Å². The van der Waals surface area contributed by atoms with Crippen LogP contribution < -0.4 is 10.6 Å². The summed E-state index contributed by atoms with van der Waals surface area (Å²) in [5.41, 5.74) is 2.33. The molecule has 0 saturated carbocycles. The molecule has 4 heterocycles. The maximum absolute atomic E-state index is 12.5. The number of hydrogen-bond acceptors (Lipinski definition) is 6. The first-order valence-electron chi connectivity index (χ1n) is 10.4. The molecule has 0 aromatic carbocycles. The van der Waals surface area contributed by atoms with E-state index in [1.165, 1.54) is 0 Å². The lowest BCUT2D eigenvalue weighted by molar-refractivity contribution is -0.121. The summed E-state index contributed by atoms with van der Waals surface area (Å²) < 4.78 is 5.42. The highest BCUT2D eigenvalue weighted by Gasteiger charge is 2.23. The lowest BCUT2D eigenvalue weighted by Gasteiger charge is -2.22. The first-order valence-corrected chi connectivity index (χ1v) is 10.7. The number of ether oxygens (including phenoxy) is 1. The first kappa shape index (κ1) is 20.3. The van der Waals surface area contributed by atoms with Crippen LogP contribution in [0.3, 0.4) is 0 Å². The molecule has 29 heavy (non-hydrogen) atoms. The van der Waals surface area contributed by atoms with Crippen LogP contribution in [0.1, 0.15) is 25.0 Å². The molecule has 2 aromatic heterocycles. The second-order valence-corrected chi connectivity index (χ2v) is 8.24. The van der Waals surface area contributed by atoms with E-state index in [0.717, 1.165) is 74.9 Å². The molecule has 2 aromatic rings. The number of halogens is 1. The van der Waals surface area contributed by atoms with Crippen LogP contribution in [-0.2, 0) is 16.0 Å². The fourth-order valence-electron chi connectivity index (χ4n) is 3.91. The zero-order valence-electron chi connectivity index (χ0n) is 16.5. The molecule has 1 atom stereocenters. The second kappa shape index (κ2) is 9.65. The molecule has 2 fully saturated rings. The Labute approximate surface area is 176 Å². The van der Waals surface area contributed by atoms with Gasteiger partial charge in [-0.3, -0.25) is 9.78 Å². The van der Waals surface area contributed by atoms with E-state index in [9.17, 15) is 4.79 Å². The zero-order chi connectivity index (χ0) is 20.1. The predicted molar refractivity (Wildman–Crippen MR) is 114 cm³/mol. The van der Waals surface area contributed by atoms with E-state index in [2.05, 4.69) is 15.6 Å². The summed E-state index contributed by atoms with van der Waals surface area (Å²) in [4.78, 5) is 21.6. The highest BCUT2D eigenvalue weighted by molar-refractivity contribution is 6.33. The van der Waals surface area contributed by atoms with Crippen LogP contribution in [0.25, 0.3) is 11.3 Å². The SMILES string of the molecule is O=C(Cc1cc(-c2cccc(NCC3CCOCC3)n2)c(Cl)cn1)[C@H]1CCNC1. The molecule has 0 radical (unpaired) electrons. The van der Waals surface area contributed by atoms with Crippen LogP contribution in [0.4, 0.5) is 5.82 Å². The molecular weight excluding hydrogens is 388 g/mol. The van der Waals surface area contributed by atoms with Gasteiger partial charge in [0.15, 0.2) is 0 Å². The number of ketones is 1. The Bertz CT molecular complexity index is 848. The van der Waals surface area contributed by atoms with Crippen molar-refractivity contribution in [2.75, 3.05) is 38.2 Å². The summed E-state index contributed by atoms with van der Waals surface area (Å²) in [5.74, 6) is 1.76. The molecule has 6 nitrogen and oxygen atoms in total. The van der Waals surface area contributed by atoms with Crippen LogP contribution in [0.2, 0.25) is 5.02 Å². The minimum absolute atomic E-state index is 0.0896. The largest absolute Gasteiger partial charge is 0.381 e. The Balaban J connectivity index is 1.46. The lowest BCUT2D eigenvalue weighted by atomic mass is 9.98. The van der Waals surface area contributed by atoms with Gasteiger partial charge in [0.25, 0.3) is 0 Å². The van der Waals surface area contributed by atoms with Crippen molar-refractivity contribution >= 4 is 23.2 Å². The average Bonchev–Trinajstić information content (AvgIpc) is 3.30. The van der Waals surface area contributed by atoms with Crippen molar-refractivity contribution in [2.24, 2.45) is 11.8 Å². The number of pyridine rings is 2. The fourth-order valence-corrected chi connectivity index (χ4v) is 4.11. The van der Waals surface area contributed by atoms with Crippen LogP contribution in [0, 0.1) is 11.8 Å². The van der Waals surface area contributed by atoms with E-state index < -0.39 is 0 Å². The van der Waals surface area contributed by atoms with Gasteiger partial charge in [0.2, 0.25) is 0 Å². The number of Topliss-reactive ketones (excluding diaryl/α,β-unsaturated/α-hetero) is 1. The Hall–Kier alpha value is -2.02. The molecule has 154 valence electrons. The predicted octanol–water partition coefficient (Wildman–Crippen LogP) is 3.36. The molecule has 2 aliphatic heterocycles. The van der Waals surface area contributed by atoms with E-state index in [0.29, 0.717) is 17.4 Å². The van der Waals surface area contributed by atoms with Gasteiger partial charge in [-0.15, -0.1) is 0 Å². The molecule has 0 spiro atoms. The van der Waals surface area contributed by atoms with Gasteiger partial charge < -0.3 is 15.4 Å². The summed E-state index contributed by atoms with van der Waals surface area (Å²) in [6.07, 6.45) is 5.02. The highest BCUT2D eigenvalue weighted by Crippen LogP contribution is 2.28. The van der Waals surface area contributed by atoms with Crippen LogP contribution in [-0.4, -0.2) is 48.6 Å². The normalized spacial score (nSPS) is 20.0. The van der Waals surface area contributed by atoms with Crippen molar-refractivity contribution in [3.05, 3.63) is 41.2 Å². The lowest BCUT2D eigenvalue weighted by Crippen LogP contribution is -2.22. The van der Waals surface area contributed by atoms with Gasteiger partial charge in [0.05, 0.1) is 10.7 Å². The first-order chi connectivity index (χ1) is 14.2. The summed E-state index contributed by atoms with van der Waals surface area (Å²) in [6, 6.07) is 7.77.